The first-order valence-corrected chi connectivity index (χ1v) is 10.3. The number of nitrogens with zero attached hydrogens (tertiary/aromatic N) is 3. The Bertz CT molecular complexity index is 1060. The van der Waals surface area contributed by atoms with Crippen LogP contribution in [-0.2, 0) is 17.8 Å². The number of amides is 1. The molecule has 0 unspecified atom stereocenters. The molecule has 30 heavy (non-hydrogen) atoms. The maximum Gasteiger partial charge on any atom is 0.299 e. The SMILES string of the molecule is COc1cc2c(cc1OC)CN(C(=O)[C@@H]1CCCN1c1nc3ccccc3o1)CC2. The molecule has 7 heteroatoms. The van der Waals surface area contributed by atoms with Crippen LogP contribution in [0.4, 0.5) is 6.01 Å². The van der Waals surface area contributed by atoms with Gasteiger partial charge in [-0.2, -0.15) is 4.98 Å². The summed E-state index contributed by atoms with van der Waals surface area (Å²) < 4.78 is 16.8. The molecule has 3 aromatic rings. The third-order valence-electron chi connectivity index (χ3n) is 6.10. The van der Waals surface area contributed by atoms with Gasteiger partial charge in [0, 0.05) is 19.6 Å². The largest absolute Gasteiger partial charge is 0.493 e. The van der Waals surface area contributed by atoms with Crippen LogP contribution in [-0.4, -0.2) is 49.1 Å². The van der Waals surface area contributed by atoms with Crippen LogP contribution in [0, 0.1) is 0 Å². The average Bonchev–Trinajstić information content (AvgIpc) is 3.43. The van der Waals surface area contributed by atoms with Gasteiger partial charge in [0.25, 0.3) is 6.01 Å². The van der Waals surface area contributed by atoms with E-state index in [1.54, 1.807) is 14.2 Å². The normalized spacial score (nSPS) is 18.5. The van der Waals surface area contributed by atoms with E-state index in [1.165, 1.54) is 5.56 Å². The summed E-state index contributed by atoms with van der Waals surface area (Å²) in [6, 6.07) is 12.0. The van der Waals surface area contributed by atoms with Gasteiger partial charge in [-0.05, 0) is 54.7 Å². The van der Waals surface area contributed by atoms with E-state index >= 15 is 0 Å². The van der Waals surface area contributed by atoms with Gasteiger partial charge in [0.15, 0.2) is 17.1 Å². The molecular weight excluding hydrogens is 382 g/mol. The summed E-state index contributed by atoms with van der Waals surface area (Å²) in [6.07, 6.45) is 2.56. The van der Waals surface area contributed by atoms with Crippen molar-refractivity contribution in [3.8, 4) is 11.5 Å². The highest BCUT2D eigenvalue weighted by Gasteiger charge is 2.37. The molecule has 0 radical (unpaired) electrons. The van der Waals surface area contributed by atoms with E-state index in [4.69, 9.17) is 13.9 Å². The number of carbonyl (C=O) groups is 1. The summed E-state index contributed by atoms with van der Waals surface area (Å²) in [5.41, 5.74) is 3.88. The standard InChI is InChI=1S/C23H25N3O4/c1-28-20-12-15-9-11-25(14-16(15)13-21(20)29-2)22(27)18-7-5-10-26(18)23-24-17-6-3-4-8-19(17)30-23/h3-4,6,8,12-13,18H,5,7,9-11,14H2,1-2H3/t18-/m0/s1. The number of carbonyl (C=O) groups excluding carboxylic acids is 1. The van der Waals surface area contributed by atoms with Crippen LogP contribution in [0.15, 0.2) is 40.8 Å². The Morgan fingerprint density at radius 1 is 1.10 bits per heavy atom. The Hall–Kier alpha value is -3.22. The zero-order chi connectivity index (χ0) is 20.7. The van der Waals surface area contributed by atoms with Crippen LogP contribution in [0.1, 0.15) is 24.0 Å². The molecule has 3 heterocycles. The number of anilines is 1. The minimum Gasteiger partial charge on any atom is -0.493 e. The average molecular weight is 407 g/mol. The number of rotatable bonds is 4. The molecule has 0 aliphatic carbocycles. The predicted molar refractivity (Wildman–Crippen MR) is 113 cm³/mol. The van der Waals surface area contributed by atoms with Gasteiger partial charge in [0.1, 0.15) is 11.6 Å². The second kappa shape index (κ2) is 7.55. The molecule has 156 valence electrons. The van der Waals surface area contributed by atoms with E-state index in [0.717, 1.165) is 48.2 Å². The molecule has 0 saturated carbocycles. The van der Waals surface area contributed by atoms with Gasteiger partial charge in [-0.1, -0.05) is 12.1 Å². The molecule has 7 nitrogen and oxygen atoms in total. The van der Waals surface area contributed by atoms with E-state index in [2.05, 4.69) is 4.98 Å². The highest BCUT2D eigenvalue weighted by molar-refractivity contribution is 5.86. The van der Waals surface area contributed by atoms with Crippen molar-refractivity contribution in [3.05, 3.63) is 47.5 Å². The van der Waals surface area contributed by atoms with Gasteiger partial charge in [0.2, 0.25) is 5.91 Å². The summed E-state index contributed by atoms with van der Waals surface area (Å²) in [6.45, 7) is 2.05. The van der Waals surface area contributed by atoms with Crippen molar-refractivity contribution < 1.29 is 18.7 Å². The Balaban J connectivity index is 1.38. The van der Waals surface area contributed by atoms with Crippen molar-refractivity contribution in [2.45, 2.75) is 31.8 Å². The second-order valence-electron chi connectivity index (χ2n) is 7.80. The number of aromatic nitrogens is 1. The van der Waals surface area contributed by atoms with Crippen LogP contribution in [0.5, 0.6) is 11.5 Å². The molecule has 2 aliphatic rings. The lowest BCUT2D eigenvalue weighted by Gasteiger charge is -2.33. The quantitative estimate of drug-likeness (QED) is 0.660. The maximum atomic E-state index is 13.4. The van der Waals surface area contributed by atoms with E-state index in [0.29, 0.717) is 24.9 Å². The molecule has 0 bridgehead atoms. The summed E-state index contributed by atoms with van der Waals surface area (Å²) in [4.78, 5) is 22.0. The number of ether oxygens (including phenoxy) is 2. The lowest BCUT2D eigenvalue weighted by Crippen LogP contribution is -2.47. The van der Waals surface area contributed by atoms with E-state index < -0.39 is 0 Å². The number of benzene rings is 2. The number of oxazole rings is 1. The van der Waals surface area contributed by atoms with E-state index in [9.17, 15) is 4.79 Å². The first kappa shape index (κ1) is 18.8. The number of hydrogen-bond acceptors (Lipinski definition) is 6. The Morgan fingerprint density at radius 2 is 1.87 bits per heavy atom. The van der Waals surface area contributed by atoms with Crippen molar-refractivity contribution >= 4 is 23.0 Å². The third kappa shape index (κ3) is 3.14. The minimum atomic E-state index is -0.236. The predicted octanol–water partition coefficient (Wildman–Crippen LogP) is 3.40. The van der Waals surface area contributed by atoms with Gasteiger partial charge in [-0.15, -0.1) is 0 Å². The fourth-order valence-corrected chi connectivity index (χ4v) is 4.52. The summed E-state index contributed by atoms with van der Waals surface area (Å²) in [5, 5.41) is 0. The molecule has 0 spiro atoms. The summed E-state index contributed by atoms with van der Waals surface area (Å²) >= 11 is 0. The van der Waals surface area contributed by atoms with Crippen LogP contribution in [0.2, 0.25) is 0 Å². The first-order valence-electron chi connectivity index (χ1n) is 10.3. The van der Waals surface area contributed by atoms with Gasteiger partial charge in [0.05, 0.1) is 14.2 Å². The lowest BCUT2D eigenvalue weighted by atomic mass is 9.98. The molecule has 1 aromatic heterocycles. The Kier molecular flexibility index (Phi) is 4.73. The summed E-state index contributed by atoms with van der Waals surface area (Å²) in [7, 11) is 3.27. The molecule has 1 atom stereocenters. The lowest BCUT2D eigenvalue weighted by molar-refractivity contribution is -0.133. The fraction of sp³-hybridized carbons (Fsp3) is 0.391. The van der Waals surface area contributed by atoms with Crippen molar-refractivity contribution in [1.82, 2.24) is 9.88 Å². The molecule has 2 aliphatic heterocycles. The van der Waals surface area contributed by atoms with E-state index in [1.807, 2.05) is 46.2 Å². The highest BCUT2D eigenvalue weighted by Crippen LogP contribution is 2.34. The smallest absolute Gasteiger partial charge is 0.299 e. The van der Waals surface area contributed by atoms with Crippen LogP contribution in [0.25, 0.3) is 11.1 Å². The molecule has 1 saturated heterocycles. The van der Waals surface area contributed by atoms with Gasteiger partial charge < -0.3 is 23.7 Å². The zero-order valence-corrected chi connectivity index (χ0v) is 17.3. The first-order chi connectivity index (χ1) is 14.7. The van der Waals surface area contributed by atoms with Crippen LogP contribution >= 0.6 is 0 Å². The number of methoxy groups -OCH3 is 2. The molecule has 5 rings (SSSR count). The Morgan fingerprint density at radius 3 is 2.63 bits per heavy atom. The monoisotopic (exact) mass is 407 g/mol. The highest BCUT2D eigenvalue weighted by atomic mass is 16.5. The molecular formula is C23H25N3O4. The summed E-state index contributed by atoms with van der Waals surface area (Å²) in [5.74, 6) is 1.56. The second-order valence-corrected chi connectivity index (χ2v) is 7.80. The molecule has 1 amide bonds. The third-order valence-corrected chi connectivity index (χ3v) is 6.10. The topological polar surface area (TPSA) is 68.0 Å². The van der Waals surface area contributed by atoms with Crippen molar-refractivity contribution in [1.29, 1.82) is 0 Å². The van der Waals surface area contributed by atoms with Crippen molar-refractivity contribution in [2.24, 2.45) is 0 Å². The molecule has 0 N–H and O–H groups in total. The number of hydrogen-bond donors (Lipinski definition) is 0. The van der Waals surface area contributed by atoms with E-state index in [-0.39, 0.29) is 11.9 Å². The Labute approximate surface area is 175 Å². The van der Waals surface area contributed by atoms with Crippen molar-refractivity contribution in [3.63, 3.8) is 0 Å². The molecule has 1 fully saturated rings. The molecule has 2 aromatic carbocycles. The van der Waals surface area contributed by atoms with Gasteiger partial charge in [-0.25, -0.2) is 0 Å². The number of para-hydroxylation sites is 2. The zero-order valence-electron chi connectivity index (χ0n) is 17.3. The number of fused-ring (bicyclic) bond motifs is 2. The maximum absolute atomic E-state index is 13.4. The van der Waals surface area contributed by atoms with Gasteiger partial charge in [-0.3, -0.25) is 4.79 Å². The van der Waals surface area contributed by atoms with Crippen LogP contribution in [0.3, 0.4) is 0 Å². The van der Waals surface area contributed by atoms with Crippen molar-refractivity contribution in [2.75, 3.05) is 32.2 Å². The van der Waals surface area contributed by atoms with Gasteiger partial charge >= 0.3 is 0 Å². The van der Waals surface area contributed by atoms with Crippen LogP contribution < -0.4 is 14.4 Å². The fourth-order valence-electron chi connectivity index (χ4n) is 4.52. The minimum absolute atomic E-state index is 0.134.